The molecule has 0 aromatic heterocycles. The molecule has 2 aliphatic rings. The summed E-state index contributed by atoms with van der Waals surface area (Å²) in [5.41, 5.74) is 2.39. The van der Waals surface area contributed by atoms with Crippen molar-refractivity contribution in [1.82, 2.24) is 10.4 Å². The van der Waals surface area contributed by atoms with Gasteiger partial charge in [0, 0.05) is 19.1 Å². The maximum absolute atomic E-state index is 8.78. The van der Waals surface area contributed by atoms with E-state index < -0.39 is 0 Å². The van der Waals surface area contributed by atoms with Crippen LogP contribution < -0.4 is 5.48 Å². The molecule has 70 valence electrons. The van der Waals surface area contributed by atoms with Gasteiger partial charge in [-0.05, 0) is 38.1 Å². The van der Waals surface area contributed by atoms with Crippen LogP contribution in [0.2, 0.25) is 0 Å². The summed E-state index contributed by atoms with van der Waals surface area (Å²) in [6.45, 7) is 3.53. The van der Waals surface area contributed by atoms with Gasteiger partial charge in [-0.15, -0.1) is 0 Å². The highest BCUT2D eigenvalue weighted by Gasteiger charge is 2.27. The van der Waals surface area contributed by atoms with Crippen LogP contribution in [0.3, 0.4) is 0 Å². The van der Waals surface area contributed by atoms with Gasteiger partial charge in [0.15, 0.2) is 0 Å². The normalized spacial score (nSPS) is 32.2. The fourth-order valence-corrected chi connectivity index (χ4v) is 1.99. The Labute approximate surface area is 73.7 Å². The molecule has 3 nitrogen and oxygen atoms in total. The molecule has 2 fully saturated rings. The second kappa shape index (κ2) is 3.73. The zero-order chi connectivity index (χ0) is 8.39. The highest BCUT2D eigenvalue weighted by Crippen LogP contribution is 2.30. The standard InChI is InChI=1S/C9H18N2O/c12-10-9-2-1-5-11(7-9)6-8-3-4-8/h8-10,12H,1-7H2. The van der Waals surface area contributed by atoms with Gasteiger partial charge >= 0.3 is 0 Å². The molecule has 0 bridgehead atoms. The van der Waals surface area contributed by atoms with E-state index in [2.05, 4.69) is 10.4 Å². The number of nitrogens with one attached hydrogen (secondary N) is 1. The molecule has 1 saturated carbocycles. The van der Waals surface area contributed by atoms with Crippen LogP contribution in [0.1, 0.15) is 25.7 Å². The molecule has 1 saturated heterocycles. The first kappa shape index (κ1) is 8.48. The zero-order valence-corrected chi connectivity index (χ0v) is 7.50. The van der Waals surface area contributed by atoms with Crippen LogP contribution >= 0.6 is 0 Å². The predicted molar refractivity (Wildman–Crippen MR) is 47.1 cm³/mol. The van der Waals surface area contributed by atoms with Crippen LogP contribution in [0.15, 0.2) is 0 Å². The Hall–Kier alpha value is -0.120. The van der Waals surface area contributed by atoms with Crippen molar-refractivity contribution < 1.29 is 5.21 Å². The molecule has 1 unspecified atom stereocenters. The van der Waals surface area contributed by atoms with Crippen LogP contribution in [-0.4, -0.2) is 35.8 Å². The molecule has 0 spiro atoms. The van der Waals surface area contributed by atoms with Crippen molar-refractivity contribution in [2.45, 2.75) is 31.7 Å². The molecule has 2 N–H and O–H groups in total. The van der Waals surface area contributed by atoms with Crippen LogP contribution in [0.25, 0.3) is 0 Å². The van der Waals surface area contributed by atoms with Crippen molar-refractivity contribution in [2.75, 3.05) is 19.6 Å². The van der Waals surface area contributed by atoms with Crippen molar-refractivity contribution in [3.8, 4) is 0 Å². The van der Waals surface area contributed by atoms with Gasteiger partial charge in [0.2, 0.25) is 0 Å². The first-order valence-corrected chi connectivity index (χ1v) is 5.00. The van der Waals surface area contributed by atoms with Gasteiger partial charge in [0.25, 0.3) is 0 Å². The lowest BCUT2D eigenvalue weighted by atomic mass is 10.1. The van der Waals surface area contributed by atoms with Gasteiger partial charge in [-0.1, -0.05) is 0 Å². The number of nitrogens with zero attached hydrogens (tertiary/aromatic N) is 1. The Balaban J connectivity index is 1.73. The third kappa shape index (κ3) is 2.19. The number of likely N-dealkylation sites (tertiary alicyclic amines) is 1. The summed E-state index contributed by atoms with van der Waals surface area (Å²) in [6, 6.07) is 0.317. The molecule has 1 atom stereocenters. The average Bonchev–Trinajstić information content (AvgIpc) is 2.89. The summed E-state index contributed by atoms with van der Waals surface area (Å²) in [4.78, 5) is 2.48. The smallest absolute Gasteiger partial charge is 0.0447 e. The van der Waals surface area contributed by atoms with Gasteiger partial charge in [-0.2, -0.15) is 0 Å². The third-order valence-corrected chi connectivity index (χ3v) is 2.90. The quantitative estimate of drug-likeness (QED) is 0.616. The number of piperidine rings is 1. The molecule has 0 aromatic rings. The largest absolute Gasteiger partial charge is 0.316 e. The summed E-state index contributed by atoms with van der Waals surface area (Å²) < 4.78 is 0. The van der Waals surface area contributed by atoms with Gasteiger partial charge in [0.1, 0.15) is 0 Å². The van der Waals surface area contributed by atoms with E-state index in [9.17, 15) is 0 Å². The second-order valence-electron chi connectivity index (χ2n) is 4.17. The van der Waals surface area contributed by atoms with Crippen molar-refractivity contribution in [3.63, 3.8) is 0 Å². The summed E-state index contributed by atoms with van der Waals surface area (Å²) in [6.07, 6.45) is 5.20. The molecule has 12 heavy (non-hydrogen) atoms. The Morgan fingerprint density at radius 3 is 2.83 bits per heavy atom. The maximum atomic E-state index is 8.78. The number of rotatable bonds is 3. The minimum Gasteiger partial charge on any atom is -0.316 e. The first-order chi connectivity index (χ1) is 5.88. The summed E-state index contributed by atoms with van der Waals surface area (Å²) in [5.74, 6) is 0.974. The third-order valence-electron chi connectivity index (χ3n) is 2.90. The first-order valence-electron chi connectivity index (χ1n) is 5.00. The maximum Gasteiger partial charge on any atom is 0.0447 e. The van der Waals surface area contributed by atoms with Crippen LogP contribution in [0.5, 0.6) is 0 Å². The Kier molecular flexibility index (Phi) is 2.63. The van der Waals surface area contributed by atoms with Gasteiger partial charge in [-0.3, -0.25) is 0 Å². The van der Waals surface area contributed by atoms with Gasteiger partial charge in [-0.25, -0.2) is 5.48 Å². The minimum atomic E-state index is 0.317. The number of hydrogen-bond acceptors (Lipinski definition) is 3. The molecule has 0 amide bonds. The van der Waals surface area contributed by atoms with Gasteiger partial charge in [0.05, 0.1) is 0 Å². The number of hydrogen-bond donors (Lipinski definition) is 2. The number of hydroxylamine groups is 1. The summed E-state index contributed by atoms with van der Waals surface area (Å²) >= 11 is 0. The van der Waals surface area contributed by atoms with E-state index in [1.807, 2.05) is 0 Å². The van der Waals surface area contributed by atoms with Gasteiger partial charge < -0.3 is 10.1 Å². The molecule has 1 aliphatic heterocycles. The fourth-order valence-electron chi connectivity index (χ4n) is 1.99. The molecule has 0 aromatic carbocycles. The second-order valence-corrected chi connectivity index (χ2v) is 4.17. The Bertz CT molecular complexity index is 147. The lowest BCUT2D eigenvalue weighted by Gasteiger charge is -2.31. The molecular formula is C9H18N2O. The van der Waals surface area contributed by atoms with Crippen molar-refractivity contribution in [1.29, 1.82) is 0 Å². The summed E-state index contributed by atoms with van der Waals surface area (Å²) in [5, 5.41) is 8.78. The lowest BCUT2D eigenvalue weighted by Crippen LogP contribution is -2.45. The van der Waals surface area contributed by atoms with Crippen LogP contribution in [0, 0.1) is 5.92 Å². The van der Waals surface area contributed by atoms with E-state index in [-0.39, 0.29) is 0 Å². The van der Waals surface area contributed by atoms with E-state index in [0.717, 1.165) is 18.9 Å². The summed E-state index contributed by atoms with van der Waals surface area (Å²) in [7, 11) is 0. The van der Waals surface area contributed by atoms with E-state index in [1.165, 1.54) is 32.4 Å². The van der Waals surface area contributed by atoms with Crippen molar-refractivity contribution >= 4 is 0 Å². The molecule has 1 aliphatic carbocycles. The van der Waals surface area contributed by atoms with Crippen molar-refractivity contribution in [2.24, 2.45) is 5.92 Å². The monoisotopic (exact) mass is 170 g/mol. The average molecular weight is 170 g/mol. The zero-order valence-electron chi connectivity index (χ0n) is 7.50. The molecule has 3 heteroatoms. The van der Waals surface area contributed by atoms with E-state index in [1.54, 1.807) is 0 Å². The SMILES string of the molecule is ONC1CCCN(CC2CC2)C1. The molecule has 2 rings (SSSR count). The van der Waals surface area contributed by atoms with Crippen LogP contribution in [0.4, 0.5) is 0 Å². The van der Waals surface area contributed by atoms with Crippen LogP contribution in [-0.2, 0) is 0 Å². The van der Waals surface area contributed by atoms with Crippen molar-refractivity contribution in [3.05, 3.63) is 0 Å². The molecular weight excluding hydrogens is 152 g/mol. The molecule has 1 heterocycles. The highest BCUT2D eigenvalue weighted by atomic mass is 16.5. The highest BCUT2D eigenvalue weighted by molar-refractivity contribution is 4.82. The van der Waals surface area contributed by atoms with E-state index in [0.29, 0.717) is 6.04 Å². The fraction of sp³-hybridized carbons (Fsp3) is 1.00. The lowest BCUT2D eigenvalue weighted by molar-refractivity contribution is 0.0736. The molecule has 0 radical (unpaired) electrons. The topological polar surface area (TPSA) is 35.5 Å². The van der Waals surface area contributed by atoms with E-state index >= 15 is 0 Å². The van der Waals surface area contributed by atoms with E-state index in [4.69, 9.17) is 5.21 Å². The minimum absolute atomic E-state index is 0.317. The Morgan fingerprint density at radius 2 is 2.17 bits per heavy atom. The predicted octanol–water partition coefficient (Wildman–Crippen LogP) is 0.840. The Morgan fingerprint density at radius 1 is 1.33 bits per heavy atom.